The van der Waals surface area contributed by atoms with Crippen molar-refractivity contribution in [2.24, 2.45) is 0 Å². The van der Waals surface area contributed by atoms with Gasteiger partial charge in [-0.2, -0.15) is 0 Å². The van der Waals surface area contributed by atoms with Gasteiger partial charge < -0.3 is 4.89 Å². The van der Waals surface area contributed by atoms with Gasteiger partial charge in [-0.25, -0.2) is 13.6 Å². The lowest BCUT2D eigenvalue weighted by atomic mass is 10.1. The Hall–Kier alpha value is 0.0700. The van der Waals surface area contributed by atoms with Crippen molar-refractivity contribution in [2.45, 2.75) is 25.2 Å². The van der Waals surface area contributed by atoms with Crippen LogP contribution < -0.4 is 0 Å². The molecule has 0 unspecified atom stereocenters. The second kappa shape index (κ2) is 2.53. The van der Waals surface area contributed by atoms with Crippen LogP contribution in [-0.2, 0) is 13.6 Å². The van der Waals surface area contributed by atoms with Crippen molar-refractivity contribution >= 4 is 7.82 Å². The van der Waals surface area contributed by atoms with Crippen molar-refractivity contribution in [3.05, 3.63) is 0 Å². The number of phosphoric ester groups is 1. The topological polar surface area (TPSA) is 59.0 Å². The largest absolute Gasteiger partial charge is 0.479 e. The molecule has 0 aromatic heterocycles. The molecule has 2 rings (SSSR count). The van der Waals surface area contributed by atoms with Crippen molar-refractivity contribution < 1.29 is 18.5 Å². The predicted octanol–water partition coefficient (Wildman–Crippen LogP) is 0.903. The standard InChI is InChI=1S/C6H12NO4P/c1-7-5-3-2-4-6(7)10-12(8,9)11-6/h2-5H2,1H3,(H,8,9). The fourth-order valence-electron chi connectivity index (χ4n) is 1.66. The summed E-state index contributed by atoms with van der Waals surface area (Å²) in [5.41, 5.74) is 0. The van der Waals surface area contributed by atoms with Gasteiger partial charge in [-0.3, -0.25) is 4.90 Å². The van der Waals surface area contributed by atoms with Gasteiger partial charge in [-0.15, -0.1) is 0 Å². The highest BCUT2D eigenvalue weighted by molar-refractivity contribution is 7.48. The molecule has 1 N–H and O–H groups in total. The van der Waals surface area contributed by atoms with E-state index in [2.05, 4.69) is 0 Å². The van der Waals surface area contributed by atoms with E-state index in [1.165, 1.54) is 0 Å². The summed E-state index contributed by atoms with van der Waals surface area (Å²) < 4.78 is 20.5. The molecule has 12 heavy (non-hydrogen) atoms. The van der Waals surface area contributed by atoms with Crippen LogP contribution in [0.2, 0.25) is 0 Å². The Bertz CT molecular complexity index is 234. The second-order valence-electron chi connectivity index (χ2n) is 3.24. The Morgan fingerprint density at radius 3 is 2.67 bits per heavy atom. The minimum absolute atomic E-state index is 0.675. The van der Waals surface area contributed by atoms with E-state index in [0.29, 0.717) is 6.42 Å². The molecule has 0 bridgehead atoms. The van der Waals surface area contributed by atoms with Gasteiger partial charge in [-0.1, -0.05) is 0 Å². The van der Waals surface area contributed by atoms with Crippen LogP contribution in [0.4, 0.5) is 0 Å². The maximum atomic E-state index is 10.8. The first kappa shape index (κ1) is 8.66. The summed E-state index contributed by atoms with van der Waals surface area (Å²) in [7, 11) is -1.85. The van der Waals surface area contributed by atoms with Gasteiger partial charge in [0.05, 0.1) is 0 Å². The van der Waals surface area contributed by atoms with Gasteiger partial charge in [0.2, 0.25) is 5.91 Å². The molecule has 0 aliphatic carbocycles. The fourth-order valence-corrected chi connectivity index (χ4v) is 2.85. The molecule has 2 saturated heterocycles. The average molecular weight is 193 g/mol. The lowest BCUT2D eigenvalue weighted by molar-refractivity contribution is -0.308. The van der Waals surface area contributed by atoms with E-state index in [0.717, 1.165) is 19.4 Å². The van der Waals surface area contributed by atoms with Crippen LogP contribution in [0, 0.1) is 0 Å². The van der Waals surface area contributed by atoms with Crippen LogP contribution in [0.25, 0.3) is 0 Å². The van der Waals surface area contributed by atoms with E-state index in [1.54, 1.807) is 0 Å². The molecule has 0 saturated carbocycles. The van der Waals surface area contributed by atoms with Gasteiger partial charge in [-0.05, 0) is 19.9 Å². The average Bonchev–Trinajstić information content (AvgIpc) is 1.91. The smallest absolute Gasteiger partial charge is 0.302 e. The first-order valence-corrected chi connectivity index (χ1v) is 5.49. The number of hydrogen-bond acceptors (Lipinski definition) is 4. The van der Waals surface area contributed by atoms with Crippen molar-refractivity contribution in [3.8, 4) is 0 Å². The van der Waals surface area contributed by atoms with Crippen LogP contribution in [-0.4, -0.2) is 29.3 Å². The lowest BCUT2D eigenvalue weighted by Crippen LogP contribution is -2.57. The Balaban J connectivity index is 2.08. The highest BCUT2D eigenvalue weighted by atomic mass is 31.2. The number of likely N-dealkylation sites (tertiary alicyclic amines) is 1. The molecule has 2 fully saturated rings. The zero-order chi connectivity index (χ0) is 8.82. The highest BCUT2D eigenvalue weighted by Gasteiger charge is 2.58. The van der Waals surface area contributed by atoms with Crippen molar-refractivity contribution in [1.29, 1.82) is 0 Å². The van der Waals surface area contributed by atoms with Crippen LogP contribution in [0.1, 0.15) is 19.3 Å². The number of rotatable bonds is 0. The van der Waals surface area contributed by atoms with Gasteiger partial charge in [0.25, 0.3) is 0 Å². The number of hydrogen-bond donors (Lipinski definition) is 1. The van der Waals surface area contributed by atoms with E-state index in [9.17, 15) is 4.57 Å². The molecule has 2 aliphatic rings. The fraction of sp³-hybridized carbons (Fsp3) is 1.00. The van der Waals surface area contributed by atoms with E-state index in [4.69, 9.17) is 13.9 Å². The molecule has 1 spiro atoms. The van der Waals surface area contributed by atoms with Crippen molar-refractivity contribution in [2.75, 3.05) is 13.6 Å². The Kier molecular flexibility index (Phi) is 1.82. The van der Waals surface area contributed by atoms with Crippen LogP contribution in [0.3, 0.4) is 0 Å². The molecule has 2 heterocycles. The third kappa shape index (κ3) is 1.22. The minimum atomic E-state index is -3.68. The van der Waals surface area contributed by atoms with E-state index in [-0.39, 0.29) is 0 Å². The van der Waals surface area contributed by atoms with Crippen LogP contribution in [0.15, 0.2) is 0 Å². The molecular weight excluding hydrogens is 181 g/mol. The third-order valence-electron chi connectivity index (χ3n) is 2.33. The van der Waals surface area contributed by atoms with E-state index in [1.807, 2.05) is 11.9 Å². The molecule has 0 aromatic rings. The second-order valence-corrected chi connectivity index (χ2v) is 4.54. The van der Waals surface area contributed by atoms with Crippen molar-refractivity contribution in [3.63, 3.8) is 0 Å². The molecule has 0 atom stereocenters. The number of phosphoric acid groups is 1. The summed E-state index contributed by atoms with van der Waals surface area (Å²) in [6.45, 7) is 0.847. The summed E-state index contributed by atoms with van der Waals surface area (Å²) in [5.74, 6) is -0.886. The molecule has 0 aromatic carbocycles. The first-order chi connectivity index (χ1) is 5.54. The minimum Gasteiger partial charge on any atom is -0.302 e. The summed E-state index contributed by atoms with van der Waals surface area (Å²) >= 11 is 0. The molecule has 0 radical (unpaired) electrons. The summed E-state index contributed by atoms with van der Waals surface area (Å²) in [4.78, 5) is 10.7. The number of nitrogens with zero attached hydrogens (tertiary/aromatic N) is 1. The summed E-state index contributed by atoms with van der Waals surface area (Å²) in [5, 5.41) is 0. The summed E-state index contributed by atoms with van der Waals surface area (Å²) in [6, 6.07) is 0. The molecular formula is C6H12NO4P. The van der Waals surface area contributed by atoms with Gasteiger partial charge >= 0.3 is 7.82 Å². The van der Waals surface area contributed by atoms with E-state index >= 15 is 0 Å². The van der Waals surface area contributed by atoms with Gasteiger partial charge in [0.1, 0.15) is 0 Å². The number of piperidine rings is 1. The Labute approximate surface area is 70.9 Å². The quantitative estimate of drug-likeness (QED) is 0.579. The maximum absolute atomic E-state index is 10.8. The lowest BCUT2D eigenvalue weighted by Gasteiger charge is -2.50. The Morgan fingerprint density at radius 1 is 1.50 bits per heavy atom. The normalized spacial score (nSPS) is 49.2. The predicted molar refractivity (Wildman–Crippen MR) is 41.2 cm³/mol. The van der Waals surface area contributed by atoms with Crippen LogP contribution in [0.5, 0.6) is 0 Å². The maximum Gasteiger partial charge on any atom is 0.479 e. The highest BCUT2D eigenvalue weighted by Crippen LogP contribution is 2.64. The molecule has 6 heteroatoms. The van der Waals surface area contributed by atoms with Gasteiger partial charge in [0.15, 0.2) is 0 Å². The summed E-state index contributed by atoms with van der Waals surface area (Å²) in [6.07, 6.45) is 2.74. The molecule has 5 nitrogen and oxygen atoms in total. The molecule has 0 amide bonds. The Morgan fingerprint density at radius 2 is 2.17 bits per heavy atom. The molecule has 70 valence electrons. The SMILES string of the molecule is CN1CCCCC12OP(=O)(O)O2. The zero-order valence-corrected chi connectivity index (χ0v) is 7.79. The van der Waals surface area contributed by atoms with Crippen LogP contribution >= 0.6 is 7.82 Å². The van der Waals surface area contributed by atoms with Crippen molar-refractivity contribution in [1.82, 2.24) is 4.90 Å². The molecule has 2 aliphatic heterocycles. The third-order valence-corrected chi connectivity index (χ3v) is 3.37. The monoisotopic (exact) mass is 193 g/mol. The zero-order valence-electron chi connectivity index (χ0n) is 6.89. The first-order valence-electron chi connectivity index (χ1n) is 4.00. The van der Waals surface area contributed by atoms with Gasteiger partial charge in [0, 0.05) is 13.0 Å². The van der Waals surface area contributed by atoms with E-state index < -0.39 is 13.7 Å².